The van der Waals surface area contributed by atoms with Crippen molar-refractivity contribution < 1.29 is 9.53 Å². The second-order valence-electron chi connectivity index (χ2n) is 9.25. The third kappa shape index (κ3) is 4.98. The van der Waals surface area contributed by atoms with Gasteiger partial charge in [0.15, 0.2) is 5.84 Å². The molecule has 8 heteroatoms. The fourth-order valence-electron chi connectivity index (χ4n) is 4.57. The van der Waals surface area contributed by atoms with Gasteiger partial charge >= 0.3 is 0 Å². The predicted molar refractivity (Wildman–Crippen MR) is 152 cm³/mol. The molecule has 3 aromatic rings. The summed E-state index contributed by atoms with van der Waals surface area (Å²) in [6.07, 6.45) is 6.59. The minimum absolute atomic E-state index is 0.0652. The Morgan fingerprint density at radius 2 is 1.92 bits per heavy atom. The molecule has 3 heterocycles. The topological polar surface area (TPSA) is 83.0 Å². The van der Waals surface area contributed by atoms with Crippen molar-refractivity contribution in [2.24, 2.45) is 10.1 Å². The van der Waals surface area contributed by atoms with E-state index in [4.69, 9.17) is 10.1 Å². The molecule has 1 amide bonds. The number of thioether (sulfide) groups is 1. The number of aromatic nitrogens is 1. The Morgan fingerprint density at radius 1 is 1.14 bits per heavy atom. The van der Waals surface area contributed by atoms with E-state index in [9.17, 15) is 4.79 Å². The molecule has 0 radical (unpaired) electrons. The van der Waals surface area contributed by atoms with E-state index < -0.39 is 5.91 Å². The Hall–Kier alpha value is -3.65. The molecule has 0 fully saturated rings. The van der Waals surface area contributed by atoms with Gasteiger partial charge in [0.05, 0.1) is 12.1 Å². The number of hydrazone groups is 1. The van der Waals surface area contributed by atoms with Gasteiger partial charge in [0.1, 0.15) is 17.4 Å². The Labute approximate surface area is 221 Å². The van der Waals surface area contributed by atoms with Gasteiger partial charge < -0.3 is 9.30 Å². The summed E-state index contributed by atoms with van der Waals surface area (Å²) in [7, 11) is 0. The van der Waals surface area contributed by atoms with E-state index in [1.807, 2.05) is 36.5 Å². The summed E-state index contributed by atoms with van der Waals surface area (Å²) in [5.41, 5.74) is 3.39. The Bertz CT molecular complexity index is 1450. The SMILES string of the molecule is CCCC1=NN2C(=N)/C(=C/c3cn(CCOc4ccccc4[C@@H](C)CC)c4ccccc34)C(=O)N=C2S1. The molecule has 1 aromatic heterocycles. The number of carbonyl (C=O) groups is 1. The van der Waals surface area contributed by atoms with Gasteiger partial charge in [0.25, 0.3) is 5.91 Å². The largest absolute Gasteiger partial charge is 0.491 e. The van der Waals surface area contributed by atoms with Crippen LogP contribution in [0.5, 0.6) is 5.75 Å². The first-order chi connectivity index (χ1) is 18.0. The molecule has 190 valence electrons. The molecule has 2 aliphatic rings. The van der Waals surface area contributed by atoms with Crippen LogP contribution in [0.4, 0.5) is 0 Å². The third-order valence-electron chi connectivity index (χ3n) is 6.73. The smallest absolute Gasteiger partial charge is 0.283 e. The first-order valence-corrected chi connectivity index (χ1v) is 13.6. The molecule has 0 unspecified atom stereocenters. The number of aliphatic imine (C=N–C) groups is 1. The Balaban J connectivity index is 1.40. The standard InChI is InChI=1S/C29H31N5O2S/c1-4-10-26-32-34-27(30)23(28(35)31-29(34)37-26)17-20-18-33(24-13-8-6-12-22(20)24)15-16-36-25-14-9-7-11-21(25)19(3)5-2/h6-9,11-14,17-19,30H,4-5,10,15-16H2,1-3H3/b23-17-,30-27?/t19-/m0/s1. The minimum Gasteiger partial charge on any atom is -0.491 e. The highest BCUT2D eigenvalue weighted by Gasteiger charge is 2.35. The number of nitrogens with zero attached hydrogens (tertiary/aromatic N) is 4. The number of nitrogens with one attached hydrogen (secondary N) is 1. The molecule has 0 spiro atoms. The molecule has 5 rings (SSSR count). The molecule has 0 saturated heterocycles. The highest BCUT2D eigenvalue weighted by Crippen LogP contribution is 2.32. The molecule has 0 aliphatic carbocycles. The normalized spacial score (nSPS) is 17.3. The first-order valence-electron chi connectivity index (χ1n) is 12.8. The fourth-order valence-corrected chi connectivity index (χ4v) is 5.56. The van der Waals surface area contributed by atoms with Crippen molar-refractivity contribution in [1.82, 2.24) is 9.58 Å². The second kappa shape index (κ2) is 10.8. The minimum atomic E-state index is -0.404. The lowest BCUT2D eigenvalue weighted by molar-refractivity contribution is -0.114. The molecule has 1 N–H and O–H groups in total. The summed E-state index contributed by atoms with van der Waals surface area (Å²) in [5, 5.41) is 17.0. The van der Waals surface area contributed by atoms with Crippen LogP contribution in [-0.4, -0.2) is 38.1 Å². The zero-order chi connectivity index (χ0) is 25.9. The number of fused-ring (bicyclic) bond motifs is 2. The number of rotatable bonds is 9. The number of ether oxygens (including phenoxy) is 1. The van der Waals surface area contributed by atoms with Crippen molar-refractivity contribution in [2.75, 3.05) is 6.61 Å². The molecule has 0 bridgehead atoms. The van der Waals surface area contributed by atoms with Crippen molar-refractivity contribution in [3.8, 4) is 5.75 Å². The van der Waals surface area contributed by atoms with Gasteiger partial charge in [-0.2, -0.15) is 15.1 Å². The van der Waals surface area contributed by atoms with E-state index in [0.717, 1.165) is 46.5 Å². The summed E-state index contributed by atoms with van der Waals surface area (Å²) >= 11 is 1.37. The van der Waals surface area contributed by atoms with Gasteiger partial charge in [-0.05, 0) is 60.7 Å². The van der Waals surface area contributed by atoms with Crippen LogP contribution in [-0.2, 0) is 11.3 Å². The van der Waals surface area contributed by atoms with Crippen LogP contribution in [0.2, 0.25) is 0 Å². The van der Waals surface area contributed by atoms with Crippen LogP contribution in [0.1, 0.15) is 57.1 Å². The summed E-state index contributed by atoms with van der Waals surface area (Å²) in [4.78, 5) is 17.1. The number of amidine groups is 2. The van der Waals surface area contributed by atoms with E-state index in [0.29, 0.717) is 24.2 Å². The van der Waals surface area contributed by atoms with Gasteiger partial charge in [0.2, 0.25) is 5.17 Å². The van der Waals surface area contributed by atoms with Crippen molar-refractivity contribution in [3.63, 3.8) is 0 Å². The van der Waals surface area contributed by atoms with E-state index in [1.54, 1.807) is 6.08 Å². The molecular formula is C29H31N5O2S. The van der Waals surface area contributed by atoms with Crippen molar-refractivity contribution in [1.29, 1.82) is 5.41 Å². The molecule has 2 aliphatic heterocycles. The summed E-state index contributed by atoms with van der Waals surface area (Å²) < 4.78 is 8.36. The lowest BCUT2D eigenvalue weighted by atomic mass is 9.98. The van der Waals surface area contributed by atoms with Crippen molar-refractivity contribution in [2.45, 2.75) is 52.5 Å². The average Bonchev–Trinajstić information content (AvgIpc) is 3.47. The number of hydrogen-bond donors (Lipinski definition) is 1. The van der Waals surface area contributed by atoms with Crippen LogP contribution in [0.25, 0.3) is 17.0 Å². The fraction of sp³-hybridized carbons (Fsp3) is 0.310. The van der Waals surface area contributed by atoms with Gasteiger partial charge in [-0.15, -0.1) is 0 Å². The van der Waals surface area contributed by atoms with Crippen LogP contribution in [0.3, 0.4) is 0 Å². The van der Waals surface area contributed by atoms with Gasteiger partial charge in [-0.1, -0.05) is 57.2 Å². The third-order valence-corrected chi connectivity index (χ3v) is 7.70. The van der Waals surface area contributed by atoms with E-state index in [2.05, 4.69) is 53.6 Å². The molecule has 1 atom stereocenters. The van der Waals surface area contributed by atoms with E-state index in [-0.39, 0.29) is 11.4 Å². The maximum atomic E-state index is 12.9. The molecule has 0 saturated carbocycles. The van der Waals surface area contributed by atoms with Crippen molar-refractivity contribution in [3.05, 3.63) is 71.4 Å². The quantitative estimate of drug-likeness (QED) is 0.325. The molecular weight excluding hydrogens is 482 g/mol. The lowest BCUT2D eigenvalue weighted by Gasteiger charge is -2.20. The number of hydrogen-bond acceptors (Lipinski definition) is 5. The summed E-state index contributed by atoms with van der Waals surface area (Å²) in [5.74, 6) is 1.02. The number of amides is 1. The lowest BCUT2D eigenvalue weighted by Crippen LogP contribution is -2.35. The zero-order valence-electron chi connectivity index (χ0n) is 21.4. The highest BCUT2D eigenvalue weighted by atomic mass is 32.2. The summed E-state index contributed by atoms with van der Waals surface area (Å²) in [6.45, 7) is 7.65. The highest BCUT2D eigenvalue weighted by molar-refractivity contribution is 8.26. The first kappa shape index (κ1) is 25.0. The summed E-state index contributed by atoms with van der Waals surface area (Å²) in [6, 6.07) is 16.3. The number of para-hydroxylation sites is 2. The van der Waals surface area contributed by atoms with Crippen LogP contribution in [0, 0.1) is 5.41 Å². The Morgan fingerprint density at radius 3 is 2.73 bits per heavy atom. The van der Waals surface area contributed by atoms with Crippen molar-refractivity contribution >= 4 is 50.7 Å². The molecule has 7 nitrogen and oxygen atoms in total. The maximum absolute atomic E-state index is 12.9. The van der Waals surface area contributed by atoms with E-state index in [1.165, 1.54) is 22.3 Å². The Kier molecular flexibility index (Phi) is 7.28. The molecule has 2 aromatic carbocycles. The zero-order valence-corrected chi connectivity index (χ0v) is 22.2. The second-order valence-corrected chi connectivity index (χ2v) is 10.3. The predicted octanol–water partition coefficient (Wildman–Crippen LogP) is 6.65. The van der Waals surface area contributed by atoms with Gasteiger partial charge in [-0.3, -0.25) is 10.2 Å². The molecule has 37 heavy (non-hydrogen) atoms. The van der Waals surface area contributed by atoms with Crippen LogP contribution in [0.15, 0.2) is 70.4 Å². The number of benzene rings is 2. The number of carbonyl (C=O) groups excluding carboxylic acids is 1. The van der Waals surface area contributed by atoms with Crippen LogP contribution < -0.4 is 4.74 Å². The monoisotopic (exact) mass is 513 g/mol. The maximum Gasteiger partial charge on any atom is 0.283 e. The van der Waals surface area contributed by atoms with Gasteiger partial charge in [-0.25, -0.2) is 0 Å². The van der Waals surface area contributed by atoms with E-state index >= 15 is 0 Å². The van der Waals surface area contributed by atoms with Crippen LogP contribution >= 0.6 is 11.8 Å². The van der Waals surface area contributed by atoms with Gasteiger partial charge in [0, 0.05) is 22.7 Å². The average molecular weight is 514 g/mol.